The van der Waals surface area contributed by atoms with E-state index < -0.39 is 6.04 Å². The highest BCUT2D eigenvalue weighted by molar-refractivity contribution is 8.14. The molecule has 0 radical (unpaired) electrons. The first-order valence-corrected chi connectivity index (χ1v) is 13.5. The number of carbonyl (C=O) groups is 2. The Bertz CT molecular complexity index is 1350. The Morgan fingerprint density at radius 3 is 2.59 bits per heavy atom. The number of allylic oxidation sites excluding steroid dienone is 1. The van der Waals surface area contributed by atoms with Crippen molar-refractivity contribution in [2.24, 2.45) is 4.99 Å². The van der Waals surface area contributed by atoms with Gasteiger partial charge < -0.3 is 15.4 Å². The normalized spacial score (nSPS) is 15.0. The number of carbonyl (C=O) groups excluding carboxylic acids is 2. The molecule has 192 valence electrons. The van der Waals surface area contributed by atoms with Crippen LogP contribution in [0.3, 0.4) is 0 Å². The van der Waals surface area contributed by atoms with Gasteiger partial charge in [0.05, 0.1) is 18.4 Å². The molecule has 0 bridgehead atoms. The van der Waals surface area contributed by atoms with Crippen molar-refractivity contribution in [3.8, 4) is 5.75 Å². The number of amides is 2. The van der Waals surface area contributed by atoms with Crippen LogP contribution in [0.1, 0.15) is 36.0 Å². The lowest BCUT2D eigenvalue weighted by atomic mass is 9.94. The third-order valence-corrected chi connectivity index (χ3v) is 7.47. The van der Waals surface area contributed by atoms with Crippen LogP contribution in [-0.2, 0) is 16.0 Å². The smallest absolute Gasteiger partial charge is 0.255 e. The van der Waals surface area contributed by atoms with Gasteiger partial charge in [0, 0.05) is 11.4 Å². The minimum absolute atomic E-state index is 0.121. The zero-order chi connectivity index (χ0) is 26.4. The monoisotopic (exact) mass is 536 g/mol. The van der Waals surface area contributed by atoms with Crippen molar-refractivity contribution in [2.45, 2.75) is 33.2 Å². The third-order valence-electron chi connectivity index (χ3n) is 5.60. The molecule has 0 aliphatic carbocycles. The van der Waals surface area contributed by atoms with Crippen LogP contribution in [0.2, 0.25) is 0 Å². The molecule has 0 fully saturated rings. The molecule has 2 aromatic carbocycles. The second-order valence-corrected chi connectivity index (χ2v) is 10.3. The van der Waals surface area contributed by atoms with Crippen LogP contribution in [0.25, 0.3) is 0 Å². The van der Waals surface area contributed by atoms with E-state index >= 15 is 0 Å². The Labute approximate surface area is 223 Å². The molecule has 11 heteroatoms. The summed E-state index contributed by atoms with van der Waals surface area (Å²) in [6.07, 6.45) is 0.764. The van der Waals surface area contributed by atoms with E-state index in [1.54, 1.807) is 7.11 Å². The number of thioether (sulfide) groups is 1. The number of rotatable bonds is 8. The van der Waals surface area contributed by atoms with Crippen LogP contribution in [0.5, 0.6) is 5.75 Å². The summed E-state index contributed by atoms with van der Waals surface area (Å²) in [6, 6.07) is 14.5. The molecule has 0 saturated heterocycles. The van der Waals surface area contributed by atoms with Crippen molar-refractivity contribution >= 4 is 50.9 Å². The molecule has 0 spiro atoms. The van der Waals surface area contributed by atoms with Gasteiger partial charge >= 0.3 is 0 Å². The molecule has 1 aliphatic rings. The predicted molar refractivity (Wildman–Crippen MR) is 149 cm³/mol. The molecule has 9 nitrogen and oxygen atoms in total. The molecule has 4 rings (SSSR count). The number of aryl methyl sites for hydroxylation is 2. The maximum Gasteiger partial charge on any atom is 0.255 e. The highest BCUT2D eigenvalue weighted by Gasteiger charge is 2.30. The molecule has 0 unspecified atom stereocenters. The van der Waals surface area contributed by atoms with Crippen LogP contribution in [-0.4, -0.2) is 40.0 Å². The van der Waals surface area contributed by atoms with E-state index in [1.807, 2.05) is 69.3 Å². The highest BCUT2D eigenvalue weighted by Crippen LogP contribution is 2.35. The summed E-state index contributed by atoms with van der Waals surface area (Å²) in [6.45, 7) is 5.78. The molecule has 2 heterocycles. The molecule has 3 N–H and O–H groups in total. The summed E-state index contributed by atoms with van der Waals surface area (Å²) in [5.41, 5.74) is 3.63. The average molecular weight is 537 g/mol. The topological polar surface area (TPSA) is 118 Å². The van der Waals surface area contributed by atoms with Gasteiger partial charge in [-0.15, -0.1) is 10.2 Å². The molecular formula is C26H28N6O3S2. The van der Waals surface area contributed by atoms with Gasteiger partial charge in [-0.05, 0) is 49.6 Å². The standard InChI is InChI=1S/C26H28N6O3S2/c1-5-21-31-32-26(37-21)29-20(33)14-36-25-27-16(3)22(24(34)28-18-9-7-6-8-10-18)23(30-25)17-12-11-15(2)19(13-17)35-4/h6-13,23H,5,14H2,1-4H3,(H,27,30)(H,28,34)(H,29,32,33)/t23-/m0/s1. The molecular weight excluding hydrogens is 508 g/mol. The van der Waals surface area contributed by atoms with E-state index in [0.29, 0.717) is 33.0 Å². The van der Waals surface area contributed by atoms with Crippen molar-refractivity contribution in [1.29, 1.82) is 0 Å². The number of hydrogen-bond donors (Lipinski definition) is 3. The second kappa shape index (κ2) is 12.0. The summed E-state index contributed by atoms with van der Waals surface area (Å²) in [7, 11) is 1.61. The van der Waals surface area contributed by atoms with Gasteiger partial charge in [0.15, 0.2) is 5.17 Å². The maximum atomic E-state index is 13.4. The first kappa shape index (κ1) is 26.4. The molecule has 37 heavy (non-hydrogen) atoms. The molecule has 1 aliphatic heterocycles. The molecule has 0 saturated carbocycles. The fourth-order valence-electron chi connectivity index (χ4n) is 3.72. The van der Waals surface area contributed by atoms with Gasteiger partial charge in [-0.3, -0.25) is 14.9 Å². The fraction of sp³-hybridized carbons (Fsp3) is 0.269. The summed E-state index contributed by atoms with van der Waals surface area (Å²) >= 11 is 2.61. The van der Waals surface area contributed by atoms with Crippen LogP contribution in [0, 0.1) is 6.92 Å². The number of methoxy groups -OCH3 is 1. The van der Waals surface area contributed by atoms with E-state index in [2.05, 4.69) is 26.1 Å². The van der Waals surface area contributed by atoms with Gasteiger partial charge in [0.25, 0.3) is 5.91 Å². The first-order valence-electron chi connectivity index (χ1n) is 11.7. The maximum absolute atomic E-state index is 13.4. The number of nitrogens with one attached hydrogen (secondary N) is 3. The number of anilines is 2. The lowest BCUT2D eigenvalue weighted by Crippen LogP contribution is -2.32. The Morgan fingerprint density at radius 2 is 1.89 bits per heavy atom. The minimum Gasteiger partial charge on any atom is -0.496 e. The number of hydrogen-bond acceptors (Lipinski definition) is 9. The number of amidine groups is 1. The lowest BCUT2D eigenvalue weighted by Gasteiger charge is -2.26. The summed E-state index contributed by atoms with van der Waals surface area (Å²) < 4.78 is 5.52. The summed E-state index contributed by atoms with van der Waals surface area (Å²) in [5.74, 6) is 0.365. The van der Waals surface area contributed by atoms with Gasteiger partial charge in [-0.25, -0.2) is 4.99 Å². The number of aromatic nitrogens is 2. The number of nitrogens with zero attached hydrogens (tertiary/aromatic N) is 3. The number of ether oxygens (including phenoxy) is 1. The zero-order valence-corrected chi connectivity index (χ0v) is 22.6. The summed E-state index contributed by atoms with van der Waals surface area (Å²) in [5, 5.41) is 18.8. The van der Waals surface area contributed by atoms with Crippen molar-refractivity contribution in [2.75, 3.05) is 23.5 Å². The van der Waals surface area contributed by atoms with E-state index in [9.17, 15) is 9.59 Å². The first-order chi connectivity index (χ1) is 17.9. The number of aliphatic imine (C=N–C) groups is 1. The Morgan fingerprint density at radius 1 is 1.11 bits per heavy atom. The molecule has 2 amide bonds. The van der Waals surface area contributed by atoms with E-state index in [4.69, 9.17) is 9.73 Å². The third kappa shape index (κ3) is 6.55. The number of para-hydroxylation sites is 1. The minimum atomic E-state index is -0.583. The van der Waals surface area contributed by atoms with E-state index in [0.717, 1.165) is 22.6 Å². The summed E-state index contributed by atoms with van der Waals surface area (Å²) in [4.78, 5) is 30.7. The average Bonchev–Trinajstić information content (AvgIpc) is 3.35. The lowest BCUT2D eigenvalue weighted by molar-refractivity contribution is -0.114. The molecule has 3 aromatic rings. The van der Waals surface area contributed by atoms with Gasteiger partial charge in [-0.1, -0.05) is 60.4 Å². The quantitative estimate of drug-likeness (QED) is 0.382. The van der Waals surface area contributed by atoms with E-state index in [-0.39, 0.29) is 17.6 Å². The van der Waals surface area contributed by atoms with Crippen LogP contribution >= 0.6 is 23.1 Å². The Hall–Kier alpha value is -3.70. The van der Waals surface area contributed by atoms with Crippen molar-refractivity contribution in [3.63, 3.8) is 0 Å². The SMILES string of the molecule is CCc1nnc(NC(=O)CSC2=N[C@@H](c3ccc(C)c(OC)c3)C(C(=O)Nc3ccccc3)=C(C)N2)s1. The second-order valence-electron chi connectivity index (χ2n) is 8.24. The van der Waals surface area contributed by atoms with Gasteiger partial charge in [0.1, 0.15) is 16.8 Å². The largest absolute Gasteiger partial charge is 0.496 e. The van der Waals surface area contributed by atoms with Crippen LogP contribution in [0.15, 0.2) is 64.8 Å². The van der Waals surface area contributed by atoms with Crippen molar-refractivity contribution < 1.29 is 14.3 Å². The van der Waals surface area contributed by atoms with Gasteiger partial charge in [0.2, 0.25) is 11.0 Å². The molecule has 1 atom stereocenters. The Kier molecular flexibility index (Phi) is 8.57. The fourth-order valence-corrected chi connectivity index (χ4v) is 5.16. The van der Waals surface area contributed by atoms with Crippen LogP contribution in [0.4, 0.5) is 10.8 Å². The van der Waals surface area contributed by atoms with E-state index in [1.165, 1.54) is 23.1 Å². The van der Waals surface area contributed by atoms with Crippen LogP contribution < -0.4 is 20.7 Å². The molecule has 1 aromatic heterocycles. The van der Waals surface area contributed by atoms with Gasteiger partial charge in [-0.2, -0.15) is 0 Å². The zero-order valence-electron chi connectivity index (χ0n) is 21.0. The predicted octanol–water partition coefficient (Wildman–Crippen LogP) is 4.70. The highest BCUT2D eigenvalue weighted by atomic mass is 32.2. The number of benzene rings is 2. The Balaban J connectivity index is 1.56. The van der Waals surface area contributed by atoms with Crippen molar-refractivity contribution in [3.05, 3.63) is 75.9 Å². The van der Waals surface area contributed by atoms with Crippen molar-refractivity contribution in [1.82, 2.24) is 15.5 Å².